The fourth-order valence-electron chi connectivity index (χ4n) is 3.23. The lowest BCUT2D eigenvalue weighted by Crippen LogP contribution is -2.48. The molecule has 2 rings (SSSR count). The van der Waals surface area contributed by atoms with Crippen molar-refractivity contribution < 1.29 is 14.3 Å². The molecule has 29 heavy (non-hydrogen) atoms. The highest BCUT2D eigenvalue weighted by atomic mass is 127. The first kappa shape index (κ1) is 25.7. The lowest BCUT2D eigenvalue weighted by atomic mass is 10.1. The van der Waals surface area contributed by atoms with Gasteiger partial charge in [0, 0.05) is 44.9 Å². The number of halogens is 1. The third kappa shape index (κ3) is 9.33. The van der Waals surface area contributed by atoms with Crippen LogP contribution in [0, 0.1) is 0 Å². The van der Waals surface area contributed by atoms with Crippen molar-refractivity contribution in [3.63, 3.8) is 0 Å². The molecule has 1 fully saturated rings. The molecule has 0 aliphatic carbocycles. The Morgan fingerprint density at radius 2 is 2.14 bits per heavy atom. The molecule has 0 aromatic carbocycles. The number of morpholine rings is 1. The molecular formula is C20H36IN5O3. The van der Waals surface area contributed by atoms with Gasteiger partial charge in [-0.1, -0.05) is 12.8 Å². The molecule has 1 aromatic heterocycles. The second-order valence-corrected chi connectivity index (χ2v) is 6.96. The van der Waals surface area contributed by atoms with Crippen LogP contribution in [0.4, 0.5) is 0 Å². The van der Waals surface area contributed by atoms with E-state index in [0.717, 1.165) is 63.4 Å². The number of aliphatic imine (C=N–C) groups is 1. The van der Waals surface area contributed by atoms with E-state index < -0.39 is 0 Å². The van der Waals surface area contributed by atoms with Crippen molar-refractivity contribution in [1.82, 2.24) is 20.0 Å². The number of carbonyl (C=O) groups excluding carboxylic acids is 1. The molecule has 1 N–H and O–H groups in total. The van der Waals surface area contributed by atoms with Gasteiger partial charge in [0.05, 0.1) is 26.0 Å². The highest BCUT2D eigenvalue weighted by Gasteiger charge is 2.25. The lowest BCUT2D eigenvalue weighted by molar-refractivity contribution is -0.143. The van der Waals surface area contributed by atoms with Crippen molar-refractivity contribution in [3.8, 4) is 0 Å². The van der Waals surface area contributed by atoms with E-state index in [1.54, 1.807) is 4.68 Å². The molecule has 2 heterocycles. The maximum atomic E-state index is 11.3. The summed E-state index contributed by atoms with van der Waals surface area (Å²) in [6, 6.07) is 0. The summed E-state index contributed by atoms with van der Waals surface area (Å²) in [6.45, 7) is 8.31. The highest BCUT2D eigenvalue weighted by molar-refractivity contribution is 14.0. The van der Waals surface area contributed by atoms with Crippen LogP contribution in [0.1, 0.15) is 57.6 Å². The Balaban J connectivity index is 0.00000420. The predicted molar refractivity (Wildman–Crippen MR) is 125 cm³/mol. The molecule has 1 aromatic rings. The Kier molecular flexibility index (Phi) is 12.9. The average Bonchev–Trinajstić information content (AvgIpc) is 3.13. The molecule has 1 unspecified atom stereocenters. The van der Waals surface area contributed by atoms with Crippen molar-refractivity contribution in [3.05, 3.63) is 18.0 Å². The lowest BCUT2D eigenvalue weighted by Gasteiger charge is -2.34. The molecule has 0 saturated carbocycles. The molecule has 1 atom stereocenters. The minimum absolute atomic E-state index is 0. The van der Waals surface area contributed by atoms with Gasteiger partial charge in [-0.3, -0.25) is 14.5 Å². The van der Waals surface area contributed by atoms with Crippen LogP contribution in [0.3, 0.4) is 0 Å². The molecular weight excluding hydrogens is 485 g/mol. The van der Waals surface area contributed by atoms with E-state index in [0.29, 0.717) is 19.6 Å². The quantitative estimate of drug-likeness (QED) is 0.168. The average molecular weight is 521 g/mol. The largest absolute Gasteiger partial charge is 0.466 e. The number of guanidine groups is 1. The number of carbonyl (C=O) groups is 1. The third-order valence-corrected chi connectivity index (χ3v) is 4.65. The Bertz CT molecular complexity index is 623. The number of hydrogen-bond acceptors (Lipinski definition) is 5. The number of ether oxygens (including phenoxy) is 2. The number of nitrogens with zero attached hydrogens (tertiary/aromatic N) is 4. The predicted octanol–water partition coefficient (Wildman–Crippen LogP) is 2.89. The summed E-state index contributed by atoms with van der Waals surface area (Å²) in [7, 11) is 1.92. The highest BCUT2D eigenvalue weighted by Crippen LogP contribution is 2.21. The molecule has 1 aliphatic rings. The molecule has 0 radical (unpaired) electrons. The van der Waals surface area contributed by atoms with E-state index in [4.69, 9.17) is 14.5 Å². The van der Waals surface area contributed by atoms with Crippen molar-refractivity contribution in [2.75, 3.05) is 39.4 Å². The van der Waals surface area contributed by atoms with Gasteiger partial charge in [0.1, 0.15) is 6.10 Å². The van der Waals surface area contributed by atoms with E-state index in [2.05, 4.69) is 22.2 Å². The number of esters is 1. The van der Waals surface area contributed by atoms with Gasteiger partial charge in [-0.05, 0) is 26.7 Å². The van der Waals surface area contributed by atoms with Gasteiger partial charge >= 0.3 is 5.97 Å². The number of hydrogen-bond donors (Lipinski definition) is 1. The maximum Gasteiger partial charge on any atom is 0.305 e. The summed E-state index contributed by atoms with van der Waals surface area (Å²) in [6.07, 6.45) is 8.43. The molecule has 8 nitrogen and oxygen atoms in total. The zero-order chi connectivity index (χ0) is 20.2. The van der Waals surface area contributed by atoms with Gasteiger partial charge in [0.25, 0.3) is 0 Å². The summed E-state index contributed by atoms with van der Waals surface area (Å²) >= 11 is 0. The Labute approximate surface area is 191 Å². The van der Waals surface area contributed by atoms with E-state index in [-0.39, 0.29) is 36.0 Å². The zero-order valence-corrected chi connectivity index (χ0v) is 20.3. The van der Waals surface area contributed by atoms with Crippen LogP contribution < -0.4 is 5.32 Å². The van der Waals surface area contributed by atoms with Crippen LogP contribution in [-0.4, -0.2) is 66.0 Å². The summed E-state index contributed by atoms with van der Waals surface area (Å²) < 4.78 is 12.7. The van der Waals surface area contributed by atoms with E-state index in [9.17, 15) is 4.79 Å². The SMILES string of the molecule is CCNC(=NCCCCCCC(=O)OCC)N1CCOC(c2cnn(C)c2)C1.I. The van der Waals surface area contributed by atoms with Crippen molar-refractivity contribution >= 4 is 35.9 Å². The number of aromatic nitrogens is 2. The minimum Gasteiger partial charge on any atom is -0.466 e. The normalized spacial score (nSPS) is 17.0. The smallest absolute Gasteiger partial charge is 0.305 e. The van der Waals surface area contributed by atoms with Crippen molar-refractivity contribution in [2.24, 2.45) is 12.0 Å². The van der Waals surface area contributed by atoms with Crippen LogP contribution in [0.25, 0.3) is 0 Å². The molecule has 1 aliphatic heterocycles. The molecule has 166 valence electrons. The van der Waals surface area contributed by atoms with Gasteiger partial charge in [0.2, 0.25) is 0 Å². The van der Waals surface area contributed by atoms with Crippen LogP contribution in [-0.2, 0) is 21.3 Å². The minimum atomic E-state index is -0.0922. The first-order valence-electron chi connectivity index (χ1n) is 10.4. The van der Waals surface area contributed by atoms with Gasteiger partial charge < -0.3 is 19.7 Å². The third-order valence-electron chi connectivity index (χ3n) is 4.65. The summed E-state index contributed by atoms with van der Waals surface area (Å²) in [4.78, 5) is 18.4. The van der Waals surface area contributed by atoms with Crippen LogP contribution in [0.5, 0.6) is 0 Å². The molecule has 9 heteroatoms. The summed E-state index contributed by atoms with van der Waals surface area (Å²) in [5.74, 6) is 0.858. The molecule has 0 spiro atoms. The second kappa shape index (κ2) is 14.6. The zero-order valence-electron chi connectivity index (χ0n) is 17.9. The van der Waals surface area contributed by atoms with E-state index in [1.807, 2.05) is 26.4 Å². The number of rotatable bonds is 10. The van der Waals surface area contributed by atoms with Crippen LogP contribution in [0.15, 0.2) is 17.4 Å². The second-order valence-electron chi connectivity index (χ2n) is 6.96. The molecule has 1 saturated heterocycles. The number of aryl methyl sites for hydroxylation is 1. The monoisotopic (exact) mass is 521 g/mol. The van der Waals surface area contributed by atoms with Gasteiger partial charge in [0.15, 0.2) is 5.96 Å². The standard InChI is InChI=1S/C20H35N5O3.HI/c1-4-21-20(22-11-9-7-6-8-10-19(26)27-5-2)25-12-13-28-18(16-25)17-14-23-24(3)15-17;/h14-15,18H,4-13,16H2,1-3H3,(H,21,22);1H. The van der Waals surface area contributed by atoms with Gasteiger partial charge in [-0.15, -0.1) is 24.0 Å². The maximum absolute atomic E-state index is 11.3. The Morgan fingerprint density at radius 3 is 2.83 bits per heavy atom. The van der Waals surface area contributed by atoms with Gasteiger partial charge in [-0.2, -0.15) is 5.10 Å². The van der Waals surface area contributed by atoms with Crippen molar-refractivity contribution in [1.29, 1.82) is 0 Å². The van der Waals surface area contributed by atoms with E-state index >= 15 is 0 Å². The van der Waals surface area contributed by atoms with E-state index in [1.165, 1.54) is 0 Å². The number of unbranched alkanes of at least 4 members (excludes halogenated alkanes) is 3. The molecule has 0 amide bonds. The summed E-state index contributed by atoms with van der Waals surface area (Å²) in [5, 5.41) is 7.65. The fourth-order valence-corrected chi connectivity index (χ4v) is 3.23. The van der Waals surface area contributed by atoms with Crippen LogP contribution in [0.2, 0.25) is 0 Å². The van der Waals surface area contributed by atoms with Gasteiger partial charge in [-0.25, -0.2) is 0 Å². The fraction of sp³-hybridized carbons (Fsp3) is 0.750. The Morgan fingerprint density at radius 1 is 1.34 bits per heavy atom. The number of nitrogens with one attached hydrogen (secondary N) is 1. The first-order chi connectivity index (χ1) is 13.6. The van der Waals surface area contributed by atoms with Crippen LogP contribution >= 0.6 is 24.0 Å². The Hall–Kier alpha value is -1.36. The molecule has 0 bridgehead atoms. The van der Waals surface area contributed by atoms with Crippen molar-refractivity contribution in [2.45, 2.75) is 52.1 Å². The summed E-state index contributed by atoms with van der Waals surface area (Å²) in [5.41, 5.74) is 1.10. The topological polar surface area (TPSA) is 81.0 Å². The first-order valence-corrected chi connectivity index (χ1v) is 10.4.